The molecule has 2 N–H and O–H groups in total. The van der Waals surface area contributed by atoms with Crippen molar-refractivity contribution in [3.05, 3.63) is 29.8 Å². The van der Waals surface area contributed by atoms with Crippen molar-refractivity contribution < 1.29 is 14.6 Å². The number of nitrogens with one attached hydrogen (secondary N) is 1. The molecule has 0 aliphatic heterocycles. The van der Waals surface area contributed by atoms with Gasteiger partial charge in [-0.2, -0.15) is 0 Å². The third kappa shape index (κ3) is 5.68. The average Bonchev–Trinajstić information content (AvgIpc) is 2.53. The predicted octanol–water partition coefficient (Wildman–Crippen LogP) is 2.82. The summed E-state index contributed by atoms with van der Waals surface area (Å²) in [5.74, 6) is 1.34. The number of amides is 1. The van der Waals surface area contributed by atoms with Crippen LogP contribution in [0.3, 0.4) is 0 Å². The van der Waals surface area contributed by atoms with E-state index in [1.165, 1.54) is 19.3 Å². The number of hydrogen-bond donors (Lipinski definition) is 2. The van der Waals surface area contributed by atoms with Crippen LogP contribution in [0, 0.1) is 12.8 Å². The average molecular weight is 305 g/mol. The molecule has 1 unspecified atom stereocenters. The smallest absolute Gasteiger partial charge is 0.220 e. The molecule has 1 fully saturated rings. The molecule has 1 amide bonds. The summed E-state index contributed by atoms with van der Waals surface area (Å²) in [6.45, 7) is 2.40. The summed E-state index contributed by atoms with van der Waals surface area (Å²) in [6.07, 6.45) is 6.00. The Morgan fingerprint density at radius 1 is 1.32 bits per heavy atom. The summed E-state index contributed by atoms with van der Waals surface area (Å²) in [5.41, 5.74) is 1.04. The Morgan fingerprint density at radius 2 is 2.05 bits per heavy atom. The highest BCUT2D eigenvalue weighted by atomic mass is 16.5. The number of para-hydroxylation sites is 1. The van der Waals surface area contributed by atoms with Gasteiger partial charge in [0, 0.05) is 13.0 Å². The number of aliphatic hydroxyl groups is 1. The summed E-state index contributed by atoms with van der Waals surface area (Å²) in [7, 11) is 0. The van der Waals surface area contributed by atoms with Gasteiger partial charge in [-0.05, 0) is 37.3 Å². The highest BCUT2D eigenvalue weighted by molar-refractivity contribution is 5.76. The fourth-order valence-corrected chi connectivity index (χ4v) is 2.92. The molecule has 1 aromatic carbocycles. The number of benzene rings is 1. The maximum absolute atomic E-state index is 11.9. The SMILES string of the molecule is Cc1ccccc1OCC(O)CNC(=O)CC1CCCCC1. The van der Waals surface area contributed by atoms with E-state index in [-0.39, 0.29) is 19.1 Å². The van der Waals surface area contributed by atoms with Gasteiger partial charge in [0.2, 0.25) is 5.91 Å². The van der Waals surface area contributed by atoms with Crippen LogP contribution in [0.4, 0.5) is 0 Å². The number of aryl methyl sites for hydroxylation is 1. The van der Waals surface area contributed by atoms with Gasteiger partial charge in [0.25, 0.3) is 0 Å². The molecule has 0 aromatic heterocycles. The van der Waals surface area contributed by atoms with E-state index in [0.717, 1.165) is 24.2 Å². The van der Waals surface area contributed by atoms with Crippen LogP contribution >= 0.6 is 0 Å². The standard InChI is InChI=1S/C18H27NO3/c1-14-7-5-6-10-17(14)22-13-16(20)12-19-18(21)11-15-8-3-2-4-9-15/h5-7,10,15-16,20H,2-4,8-9,11-13H2,1H3,(H,19,21). The van der Waals surface area contributed by atoms with Crippen LogP contribution in [0.25, 0.3) is 0 Å². The molecule has 0 heterocycles. The molecule has 4 nitrogen and oxygen atoms in total. The summed E-state index contributed by atoms with van der Waals surface area (Å²) in [4.78, 5) is 11.9. The molecule has 1 aromatic rings. The van der Waals surface area contributed by atoms with Crippen molar-refractivity contribution in [2.45, 2.75) is 51.6 Å². The topological polar surface area (TPSA) is 58.6 Å². The molecular formula is C18H27NO3. The van der Waals surface area contributed by atoms with Crippen LogP contribution in [-0.4, -0.2) is 30.3 Å². The van der Waals surface area contributed by atoms with Gasteiger partial charge in [0.1, 0.15) is 18.5 Å². The first-order valence-electron chi connectivity index (χ1n) is 8.28. The molecule has 2 rings (SSSR count). The maximum Gasteiger partial charge on any atom is 0.220 e. The van der Waals surface area contributed by atoms with E-state index in [9.17, 15) is 9.90 Å². The second kappa shape index (κ2) is 8.79. The van der Waals surface area contributed by atoms with Gasteiger partial charge < -0.3 is 15.2 Å². The molecule has 0 spiro atoms. The van der Waals surface area contributed by atoms with Crippen molar-refractivity contribution in [2.24, 2.45) is 5.92 Å². The van der Waals surface area contributed by atoms with Gasteiger partial charge in [0.15, 0.2) is 0 Å². The molecule has 0 saturated heterocycles. The molecule has 1 atom stereocenters. The molecular weight excluding hydrogens is 278 g/mol. The van der Waals surface area contributed by atoms with Crippen LogP contribution < -0.4 is 10.1 Å². The fourth-order valence-electron chi connectivity index (χ4n) is 2.92. The lowest BCUT2D eigenvalue weighted by atomic mass is 9.87. The Kier molecular flexibility index (Phi) is 6.72. The van der Waals surface area contributed by atoms with Gasteiger partial charge >= 0.3 is 0 Å². The minimum Gasteiger partial charge on any atom is -0.491 e. The van der Waals surface area contributed by atoms with E-state index in [1.54, 1.807) is 0 Å². The number of hydrogen-bond acceptors (Lipinski definition) is 3. The molecule has 1 aliphatic carbocycles. The van der Waals surface area contributed by atoms with Gasteiger partial charge in [-0.25, -0.2) is 0 Å². The third-order valence-electron chi connectivity index (χ3n) is 4.26. The lowest BCUT2D eigenvalue weighted by Crippen LogP contribution is -2.36. The Morgan fingerprint density at radius 3 is 2.77 bits per heavy atom. The highest BCUT2D eigenvalue weighted by Gasteiger charge is 2.17. The van der Waals surface area contributed by atoms with Crippen LogP contribution in [0.5, 0.6) is 5.75 Å². The normalized spacial score (nSPS) is 17.0. The first-order chi connectivity index (χ1) is 10.6. The molecule has 122 valence electrons. The van der Waals surface area contributed by atoms with E-state index in [1.807, 2.05) is 31.2 Å². The van der Waals surface area contributed by atoms with Gasteiger partial charge in [-0.1, -0.05) is 37.5 Å². The Bertz CT molecular complexity index is 469. The first-order valence-corrected chi connectivity index (χ1v) is 8.28. The van der Waals surface area contributed by atoms with Crippen molar-refractivity contribution in [2.75, 3.05) is 13.2 Å². The minimum absolute atomic E-state index is 0.0434. The number of carbonyl (C=O) groups is 1. The molecule has 1 saturated carbocycles. The highest BCUT2D eigenvalue weighted by Crippen LogP contribution is 2.26. The van der Waals surface area contributed by atoms with E-state index < -0.39 is 6.10 Å². The van der Waals surface area contributed by atoms with Crippen LogP contribution in [0.1, 0.15) is 44.1 Å². The second-order valence-corrected chi connectivity index (χ2v) is 6.24. The van der Waals surface area contributed by atoms with Crippen molar-refractivity contribution in [3.8, 4) is 5.75 Å². The zero-order valence-corrected chi connectivity index (χ0v) is 13.4. The van der Waals surface area contributed by atoms with E-state index in [2.05, 4.69) is 5.32 Å². The quantitative estimate of drug-likeness (QED) is 0.814. The summed E-state index contributed by atoms with van der Waals surface area (Å²) in [6, 6.07) is 7.70. The van der Waals surface area contributed by atoms with E-state index >= 15 is 0 Å². The zero-order chi connectivity index (χ0) is 15.8. The summed E-state index contributed by atoms with van der Waals surface area (Å²) in [5, 5.41) is 12.7. The largest absolute Gasteiger partial charge is 0.491 e. The van der Waals surface area contributed by atoms with Crippen LogP contribution in [-0.2, 0) is 4.79 Å². The fraction of sp³-hybridized carbons (Fsp3) is 0.611. The van der Waals surface area contributed by atoms with Gasteiger partial charge in [-0.3, -0.25) is 4.79 Å². The van der Waals surface area contributed by atoms with Gasteiger partial charge in [-0.15, -0.1) is 0 Å². The van der Waals surface area contributed by atoms with E-state index in [4.69, 9.17) is 4.74 Å². The van der Waals surface area contributed by atoms with Crippen molar-refractivity contribution in [1.29, 1.82) is 0 Å². The van der Waals surface area contributed by atoms with E-state index in [0.29, 0.717) is 12.3 Å². The lowest BCUT2D eigenvalue weighted by molar-refractivity contribution is -0.122. The minimum atomic E-state index is -0.685. The third-order valence-corrected chi connectivity index (χ3v) is 4.26. The molecule has 1 aliphatic rings. The maximum atomic E-state index is 11.9. The van der Waals surface area contributed by atoms with Crippen molar-refractivity contribution in [3.63, 3.8) is 0 Å². The Labute approximate surface area is 132 Å². The second-order valence-electron chi connectivity index (χ2n) is 6.24. The summed E-state index contributed by atoms with van der Waals surface area (Å²) >= 11 is 0. The molecule has 0 bridgehead atoms. The Balaban J connectivity index is 1.63. The zero-order valence-electron chi connectivity index (χ0n) is 13.4. The predicted molar refractivity (Wildman–Crippen MR) is 86.9 cm³/mol. The van der Waals surface area contributed by atoms with Gasteiger partial charge in [0.05, 0.1) is 0 Å². The molecule has 0 radical (unpaired) electrons. The van der Waals surface area contributed by atoms with Crippen molar-refractivity contribution in [1.82, 2.24) is 5.32 Å². The Hall–Kier alpha value is -1.55. The number of carbonyl (C=O) groups excluding carboxylic acids is 1. The first kappa shape index (κ1) is 16.8. The monoisotopic (exact) mass is 305 g/mol. The summed E-state index contributed by atoms with van der Waals surface area (Å²) < 4.78 is 5.58. The molecule has 4 heteroatoms. The van der Waals surface area contributed by atoms with Crippen LogP contribution in [0.15, 0.2) is 24.3 Å². The lowest BCUT2D eigenvalue weighted by Gasteiger charge is -2.21. The van der Waals surface area contributed by atoms with Crippen molar-refractivity contribution >= 4 is 5.91 Å². The number of aliphatic hydroxyl groups excluding tert-OH is 1. The molecule has 22 heavy (non-hydrogen) atoms. The number of ether oxygens (including phenoxy) is 1. The van der Waals surface area contributed by atoms with Crippen LogP contribution in [0.2, 0.25) is 0 Å². The number of rotatable bonds is 7.